The van der Waals surface area contributed by atoms with Gasteiger partial charge in [-0.15, -0.1) is 0 Å². The average molecular weight is 184 g/mol. The molecule has 0 bridgehead atoms. The molecule has 0 heterocycles. The molecule has 13 heavy (non-hydrogen) atoms. The predicted molar refractivity (Wildman–Crippen MR) is 46.1 cm³/mol. The maximum Gasteiger partial charge on any atom is 0.342 e. The SMILES string of the molecule is CC1=C(C)[C@H](O)[C@@](O)(C(=O)O)C=C1. The van der Waals surface area contributed by atoms with E-state index in [0.717, 1.165) is 11.6 Å². The normalized spacial score (nSPS) is 33.7. The Kier molecular flexibility index (Phi) is 2.28. The van der Waals surface area contributed by atoms with Gasteiger partial charge in [0.15, 0.2) is 0 Å². The summed E-state index contributed by atoms with van der Waals surface area (Å²) in [6, 6.07) is 0. The van der Waals surface area contributed by atoms with Crippen LogP contribution in [0.15, 0.2) is 23.3 Å². The maximum absolute atomic E-state index is 10.7. The van der Waals surface area contributed by atoms with Gasteiger partial charge in [-0.05, 0) is 31.1 Å². The number of hydrogen-bond acceptors (Lipinski definition) is 3. The van der Waals surface area contributed by atoms with Crippen molar-refractivity contribution in [2.24, 2.45) is 0 Å². The molecule has 4 nitrogen and oxygen atoms in total. The Bertz CT molecular complexity index is 303. The molecule has 1 aliphatic rings. The molecule has 2 atom stereocenters. The van der Waals surface area contributed by atoms with Crippen LogP contribution in [0.5, 0.6) is 0 Å². The van der Waals surface area contributed by atoms with Crippen LogP contribution < -0.4 is 0 Å². The van der Waals surface area contributed by atoms with Gasteiger partial charge in [-0.2, -0.15) is 0 Å². The Morgan fingerprint density at radius 2 is 2.08 bits per heavy atom. The zero-order valence-corrected chi connectivity index (χ0v) is 7.48. The van der Waals surface area contributed by atoms with E-state index in [-0.39, 0.29) is 0 Å². The lowest BCUT2D eigenvalue weighted by atomic mass is 9.84. The van der Waals surface area contributed by atoms with Crippen LogP contribution in [0.2, 0.25) is 0 Å². The Labute approximate surface area is 75.8 Å². The summed E-state index contributed by atoms with van der Waals surface area (Å²) in [5.74, 6) is -1.44. The Morgan fingerprint density at radius 1 is 1.54 bits per heavy atom. The topological polar surface area (TPSA) is 77.8 Å². The van der Waals surface area contributed by atoms with Gasteiger partial charge in [-0.1, -0.05) is 6.08 Å². The van der Waals surface area contributed by atoms with Gasteiger partial charge in [0, 0.05) is 0 Å². The largest absolute Gasteiger partial charge is 0.479 e. The van der Waals surface area contributed by atoms with Gasteiger partial charge in [0.2, 0.25) is 5.60 Å². The van der Waals surface area contributed by atoms with Crippen molar-refractivity contribution in [3.8, 4) is 0 Å². The minimum Gasteiger partial charge on any atom is -0.479 e. The molecule has 1 aliphatic carbocycles. The molecule has 0 fully saturated rings. The van der Waals surface area contributed by atoms with Crippen LogP contribution >= 0.6 is 0 Å². The number of carboxylic acid groups (broad SMARTS) is 1. The molecule has 0 unspecified atom stereocenters. The van der Waals surface area contributed by atoms with Crippen molar-refractivity contribution >= 4 is 5.97 Å². The molecular weight excluding hydrogens is 172 g/mol. The summed E-state index contributed by atoms with van der Waals surface area (Å²) in [7, 11) is 0. The molecule has 0 aromatic carbocycles. The monoisotopic (exact) mass is 184 g/mol. The van der Waals surface area contributed by atoms with Gasteiger partial charge < -0.3 is 15.3 Å². The number of allylic oxidation sites excluding steroid dienone is 2. The van der Waals surface area contributed by atoms with Gasteiger partial charge >= 0.3 is 5.97 Å². The summed E-state index contributed by atoms with van der Waals surface area (Å²) in [6.07, 6.45) is 1.23. The standard InChI is InChI=1S/C9H12O4/c1-5-3-4-9(13,8(11)12)7(10)6(5)2/h3-4,7,10,13H,1-2H3,(H,11,12)/t7-,9+/m0/s1. The molecule has 72 valence electrons. The highest BCUT2D eigenvalue weighted by atomic mass is 16.4. The number of hydrogen-bond donors (Lipinski definition) is 3. The third-order valence-corrected chi connectivity index (χ3v) is 2.38. The van der Waals surface area contributed by atoms with E-state index < -0.39 is 17.7 Å². The second-order valence-electron chi connectivity index (χ2n) is 3.23. The van der Waals surface area contributed by atoms with E-state index in [1.807, 2.05) is 0 Å². The molecule has 0 radical (unpaired) electrons. The minimum absolute atomic E-state index is 0.479. The predicted octanol–water partition coefficient (Wildman–Crippen LogP) is 0.0692. The van der Waals surface area contributed by atoms with Crippen LogP contribution in [0.25, 0.3) is 0 Å². The van der Waals surface area contributed by atoms with Gasteiger partial charge in [-0.3, -0.25) is 0 Å². The zero-order chi connectivity index (χ0) is 10.2. The van der Waals surface area contributed by atoms with Crippen LogP contribution in [0.3, 0.4) is 0 Å². The number of carboxylic acids is 1. The van der Waals surface area contributed by atoms with Gasteiger partial charge in [-0.25, -0.2) is 4.79 Å². The highest BCUT2D eigenvalue weighted by Gasteiger charge is 2.43. The van der Waals surface area contributed by atoms with E-state index in [1.165, 1.54) is 6.08 Å². The first-order valence-corrected chi connectivity index (χ1v) is 3.90. The fourth-order valence-corrected chi connectivity index (χ4v) is 1.21. The van der Waals surface area contributed by atoms with Crippen molar-refractivity contribution in [2.75, 3.05) is 0 Å². The zero-order valence-electron chi connectivity index (χ0n) is 7.48. The number of aliphatic carboxylic acids is 1. The summed E-state index contributed by atoms with van der Waals surface area (Å²) in [6.45, 7) is 3.34. The first-order chi connectivity index (χ1) is 5.89. The molecule has 0 spiro atoms. The number of aliphatic hydroxyl groups excluding tert-OH is 1. The molecule has 4 heteroatoms. The fourth-order valence-electron chi connectivity index (χ4n) is 1.21. The van der Waals surface area contributed by atoms with Crippen molar-refractivity contribution in [1.82, 2.24) is 0 Å². The average Bonchev–Trinajstić information content (AvgIpc) is 2.08. The molecule has 0 saturated heterocycles. The first-order valence-electron chi connectivity index (χ1n) is 3.90. The van der Waals surface area contributed by atoms with Crippen molar-refractivity contribution < 1.29 is 20.1 Å². The molecule has 1 rings (SSSR count). The van der Waals surface area contributed by atoms with Crippen LogP contribution in [-0.4, -0.2) is 33.0 Å². The Hall–Kier alpha value is -1.13. The minimum atomic E-state index is -2.18. The summed E-state index contributed by atoms with van der Waals surface area (Å²) in [4.78, 5) is 10.7. The lowest BCUT2D eigenvalue weighted by Gasteiger charge is -2.30. The highest BCUT2D eigenvalue weighted by Crippen LogP contribution is 2.27. The van der Waals surface area contributed by atoms with E-state index in [2.05, 4.69) is 0 Å². The van der Waals surface area contributed by atoms with Gasteiger partial charge in [0.05, 0.1) is 0 Å². The molecule has 0 aromatic heterocycles. The van der Waals surface area contributed by atoms with Gasteiger partial charge in [0.25, 0.3) is 0 Å². The first kappa shape index (κ1) is 9.95. The molecule has 0 aromatic rings. The van der Waals surface area contributed by atoms with E-state index in [1.54, 1.807) is 13.8 Å². The van der Waals surface area contributed by atoms with Crippen LogP contribution in [0.4, 0.5) is 0 Å². The molecule has 0 amide bonds. The van der Waals surface area contributed by atoms with E-state index >= 15 is 0 Å². The van der Waals surface area contributed by atoms with E-state index in [9.17, 15) is 15.0 Å². The second kappa shape index (κ2) is 2.97. The third kappa shape index (κ3) is 1.38. The number of carbonyl (C=O) groups is 1. The van der Waals surface area contributed by atoms with E-state index in [4.69, 9.17) is 5.11 Å². The third-order valence-electron chi connectivity index (χ3n) is 2.38. The highest BCUT2D eigenvalue weighted by molar-refractivity contribution is 5.82. The molecule has 0 aliphatic heterocycles. The van der Waals surface area contributed by atoms with Crippen LogP contribution in [0.1, 0.15) is 13.8 Å². The molecule has 3 N–H and O–H groups in total. The van der Waals surface area contributed by atoms with E-state index in [0.29, 0.717) is 5.57 Å². The number of rotatable bonds is 1. The molecule has 0 saturated carbocycles. The Balaban J connectivity index is 3.12. The van der Waals surface area contributed by atoms with Crippen LogP contribution in [0, 0.1) is 0 Å². The van der Waals surface area contributed by atoms with Crippen molar-refractivity contribution in [3.05, 3.63) is 23.3 Å². The smallest absolute Gasteiger partial charge is 0.342 e. The maximum atomic E-state index is 10.7. The quantitative estimate of drug-likeness (QED) is 0.539. The summed E-state index contributed by atoms with van der Waals surface area (Å²) < 4.78 is 0. The van der Waals surface area contributed by atoms with Crippen molar-refractivity contribution in [2.45, 2.75) is 25.6 Å². The second-order valence-corrected chi connectivity index (χ2v) is 3.23. The lowest BCUT2D eigenvalue weighted by Crippen LogP contribution is -2.49. The van der Waals surface area contributed by atoms with Crippen molar-refractivity contribution in [3.63, 3.8) is 0 Å². The lowest BCUT2D eigenvalue weighted by molar-refractivity contribution is -0.161. The number of aliphatic hydroxyl groups is 2. The summed E-state index contributed by atoms with van der Waals surface area (Å²) in [5, 5.41) is 27.7. The Morgan fingerprint density at radius 3 is 2.54 bits per heavy atom. The van der Waals surface area contributed by atoms with Crippen molar-refractivity contribution in [1.29, 1.82) is 0 Å². The fraction of sp³-hybridized carbons (Fsp3) is 0.444. The summed E-state index contributed by atoms with van der Waals surface area (Å²) >= 11 is 0. The van der Waals surface area contributed by atoms with Gasteiger partial charge in [0.1, 0.15) is 6.10 Å². The molecular formula is C9H12O4. The van der Waals surface area contributed by atoms with Crippen LogP contribution in [-0.2, 0) is 4.79 Å². The summed E-state index contributed by atoms with van der Waals surface area (Å²) in [5.41, 5.74) is -0.922.